The number of carbonyl (C=O) groups excluding carboxylic acids is 1. The van der Waals surface area contributed by atoms with E-state index in [-0.39, 0.29) is 23.5 Å². The van der Waals surface area contributed by atoms with Crippen molar-refractivity contribution >= 4 is 26.6 Å². The van der Waals surface area contributed by atoms with Crippen LogP contribution in [0, 0.1) is 0 Å². The lowest BCUT2D eigenvalue weighted by molar-refractivity contribution is 0.0937. The molecule has 100 valence electrons. The first-order valence-electron chi connectivity index (χ1n) is 5.99. The third kappa shape index (κ3) is 2.33. The molecular formula is C12H13N3O3S. The van der Waals surface area contributed by atoms with Crippen LogP contribution in [0.4, 0.5) is 0 Å². The van der Waals surface area contributed by atoms with E-state index in [1.807, 2.05) is 18.2 Å². The van der Waals surface area contributed by atoms with E-state index in [4.69, 9.17) is 0 Å². The monoisotopic (exact) mass is 279 g/mol. The van der Waals surface area contributed by atoms with E-state index < -0.39 is 9.84 Å². The molecule has 1 fully saturated rings. The second kappa shape index (κ2) is 4.34. The van der Waals surface area contributed by atoms with Gasteiger partial charge in [0, 0.05) is 11.4 Å². The van der Waals surface area contributed by atoms with E-state index in [2.05, 4.69) is 15.5 Å². The summed E-state index contributed by atoms with van der Waals surface area (Å²) in [7, 11) is -3.00. The van der Waals surface area contributed by atoms with Crippen LogP contribution in [0.5, 0.6) is 0 Å². The number of fused-ring (bicyclic) bond motifs is 1. The summed E-state index contributed by atoms with van der Waals surface area (Å²) in [6.45, 7) is 0. The van der Waals surface area contributed by atoms with Gasteiger partial charge in [0.25, 0.3) is 5.91 Å². The predicted molar refractivity (Wildman–Crippen MR) is 70.6 cm³/mol. The van der Waals surface area contributed by atoms with Crippen LogP contribution in [0.25, 0.3) is 10.9 Å². The maximum absolute atomic E-state index is 12.1. The molecule has 0 spiro atoms. The van der Waals surface area contributed by atoms with Gasteiger partial charge in [0.2, 0.25) is 0 Å². The Bertz CT molecular complexity index is 736. The topological polar surface area (TPSA) is 91.9 Å². The van der Waals surface area contributed by atoms with Crippen molar-refractivity contribution in [2.75, 3.05) is 11.5 Å². The van der Waals surface area contributed by atoms with Crippen molar-refractivity contribution < 1.29 is 13.2 Å². The summed E-state index contributed by atoms with van der Waals surface area (Å²) in [4.78, 5) is 12.1. The van der Waals surface area contributed by atoms with E-state index in [1.54, 1.807) is 6.07 Å². The van der Waals surface area contributed by atoms with E-state index >= 15 is 0 Å². The van der Waals surface area contributed by atoms with Gasteiger partial charge in [-0.25, -0.2) is 8.42 Å². The third-order valence-electron chi connectivity index (χ3n) is 3.25. The number of benzene rings is 1. The molecule has 1 aliphatic rings. The van der Waals surface area contributed by atoms with Gasteiger partial charge < -0.3 is 5.32 Å². The molecule has 0 radical (unpaired) electrons. The van der Waals surface area contributed by atoms with Crippen LogP contribution in [-0.4, -0.2) is 42.1 Å². The fourth-order valence-corrected chi connectivity index (χ4v) is 3.97. The number of nitrogens with zero attached hydrogens (tertiary/aromatic N) is 1. The Hall–Kier alpha value is -1.89. The van der Waals surface area contributed by atoms with Crippen molar-refractivity contribution in [3.05, 3.63) is 30.0 Å². The van der Waals surface area contributed by atoms with Gasteiger partial charge in [-0.1, -0.05) is 18.2 Å². The molecular weight excluding hydrogens is 266 g/mol. The molecule has 7 heteroatoms. The number of aromatic nitrogens is 2. The number of hydrogen-bond acceptors (Lipinski definition) is 4. The Kier molecular flexibility index (Phi) is 2.78. The zero-order valence-electron chi connectivity index (χ0n) is 10.1. The van der Waals surface area contributed by atoms with Crippen LogP contribution in [0.3, 0.4) is 0 Å². The molecule has 2 aromatic rings. The van der Waals surface area contributed by atoms with Crippen LogP contribution >= 0.6 is 0 Å². The number of hydrogen-bond donors (Lipinski definition) is 2. The van der Waals surface area contributed by atoms with Crippen molar-refractivity contribution in [2.45, 2.75) is 12.5 Å². The lowest BCUT2D eigenvalue weighted by Crippen LogP contribution is -2.35. The number of rotatable bonds is 2. The summed E-state index contributed by atoms with van der Waals surface area (Å²) < 4.78 is 22.7. The quantitative estimate of drug-likeness (QED) is 0.836. The molecule has 1 aromatic carbocycles. The number of amides is 1. The SMILES string of the molecule is O=C(NC1CCS(=O)(=O)C1)c1n[nH]c2ccccc12. The summed E-state index contributed by atoms with van der Waals surface area (Å²) in [6.07, 6.45) is 0.469. The minimum Gasteiger partial charge on any atom is -0.347 e. The van der Waals surface area contributed by atoms with Gasteiger partial charge in [-0.15, -0.1) is 0 Å². The Balaban J connectivity index is 1.81. The van der Waals surface area contributed by atoms with Gasteiger partial charge >= 0.3 is 0 Å². The van der Waals surface area contributed by atoms with Gasteiger partial charge in [0.1, 0.15) is 0 Å². The number of carbonyl (C=O) groups is 1. The lowest BCUT2D eigenvalue weighted by Gasteiger charge is -2.09. The first-order valence-corrected chi connectivity index (χ1v) is 7.82. The number of H-pyrrole nitrogens is 1. The van der Waals surface area contributed by atoms with Crippen molar-refractivity contribution in [3.63, 3.8) is 0 Å². The molecule has 1 aromatic heterocycles. The molecule has 0 aliphatic carbocycles. The molecule has 0 saturated carbocycles. The fraction of sp³-hybridized carbons (Fsp3) is 0.333. The molecule has 1 amide bonds. The molecule has 1 atom stereocenters. The molecule has 19 heavy (non-hydrogen) atoms. The fourth-order valence-electron chi connectivity index (χ4n) is 2.30. The Labute approximate surface area is 110 Å². The highest BCUT2D eigenvalue weighted by atomic mass is 32.2. The molecule has 1 saturated heterocycles. The molecule has 6 nitrogen and oxygen atoms in total. The molecule has 2 N–H and O–H groups in total. The van der Waals surface area contributed by atoms with Gasteiger partial charge in [-0.3, -0.25) is 9.89 Å². The number of aromatic amines is 1. The summed E-state index contributed by atoms with van der Waals surface area (Å²) in [6, 6.07) is 7.01. The van der Waals surface area contributed by atoms with Gasteiger partial charge in [-0.05, 0) is 12.5 Å². The molecule has 1 aliphatic heterocycles. The summed E-state index contributed by atoms with van der Waals surface area (Å²) in [5.74, 6) is -0.181. The Morgan fingerprint density at radius 1 is 1.37 bits per heavy atom. The smallest absolute Gasteiger partial charge is 0.272 e. The summed E-state index contributed by atoms with van der Waals surface area (Å²) >= 11 is 0. The van der Waals surface area contributed by atoms with Crippen molar-refractivity contribution in [1.82, 2.24) is 15.5 Å². The summed E-state index contributed by atoms with van der Waals surface area (Å²) in [5.41, 5.74) is 1.09. The Morgan fingerprint density at radius 2 is 2.16 bits per heavy atom. The van der Waals surface area contributed by atoms with Gasteiger partial charge in [0.15, 0.2) is 15.5 Å². The molecule has 1 unspecified atom stereocenters. The number of nitrogens with one attached hydrogen (secondary N) is 2. The van der Waals surface area contributed by atoms with Crippen LogP contribution in [0.1, 0.15) is 16.9 Å². The van der Waals surface area contributed by atoms with Crippen LogP contribution in [0.15, 0.2) is 24.3 Å². The van der Waals surface area contributed by atoms with Crippen LogP contribution in [0.2, 0.25) is 0 Å². The highest BCUT2D eigenvalue weighted by Crippen LogP contribution is 2.16. The van der Waals surface area contributed by atoms with E-state index in [9.17, 15) is 13.2 Å². The lowest BCUT2D eigenvalue weighted by atomic mass is 10.2. The normalized spacial score (nSPS) is 21.6. The van der Waals surface area contributed by atoms with Crippen LogP contribution < -0.4 is 5.32 Å². The second-order valence-corrected chi connectivity index (χ2v) is 6.92. The van der Waals surface area contributed by atoms with Gasteiger partial charge in [-0.2, -0.15) is 5.10 Å². The minimum absolute atomic E-state index is 0.0150. The average Bonchev–Trinajstić information content (AvgIpc) is 2.92. The molecule has 0 bridgehead atoms. The summed E-state index contributed by atoms with van der Waals surface area (Å²) in [5, 5.41) is 10.2. The van der Waals surface area contributed by atoms with E-state index in [0.717, 1.165) is 10.9 Å². The highest BCUT2D eigenvalue weighted by molar-refractivity contribution is 7.91. The van der Waals surface area contributed by atoms with Gasteiger partial charge in [0.05, 0.1) is 17.0 Å². The van der Waals surface area contributed by atoms with Crippen molar-refractivity contribution in [3.8, 4) is 0 Å². The van der Waals surface area contributed by atoms with Crippen molar-refractivity contribution in [1.29, 1.82) is 0 Å². The molecule has 3 rings (SSSR count). The zero-order chi connectivity index (χ0) is 13.5. The highest BCUT2D eigenvalue weighted by Gasteiger charge is 2.29. The first-order chi connectivity index (χ1) is 9.05. The number of sulfone groups is 1. The second-order valence-electron chi connectivity index (χ2n) is 4.69. The van der Waals surface area contributed by atoms with Crippen molar-refractivity contribution in [2.24, 2.45) is 0 Å². The third-order valence-corrected chi connectivity index (χ3v) is 5.02. The largest absolute Gasteiger partial charge is 0.347 e. The standard InChI is InChI=1S/C12H13N3O3S/c16-12(13-8-5-6-19(17,18)7-8)11-9-3-1-2-4-10(9)14-15-11/h1-4,8H,5-7H2,(H,13,16)(H,14,15). The zero-order valence-corrected chi connectivity index (χ0v) is 10.9. The van der Waals surface area contributed by atoms with E-state index in [0.29, 0.717) is 12.1 Å². The number of para-hydroxylation sites is 1. The predicted octanol–water partition coefficient (Wildman–Crippen LogP) is 0.480. The van der Waals surface area contributed by atoms with Crippen LogP contribution in [-0.2, 0) is 9.84 Å². The first kappa shape index (κ1) is 12.2. The average molecular weight is 279 g/mol. The molecule has 2 heterocycles. The maximum Gasteiger partial charge on any atom is 0.272 e. The van der Waals surface area contributed by atoms with E-state index in [1.165, 1.54) is 0 Å². The Morgan fingerprint density at radius 3 is 2.89 bits per heavy atom. The minimum atomic E-state index is -3.00. The maximum atomic E-state index is 12.1.